The van der Waals surface area contributed by atoms with Crippen LogP contribution in [0.3, 0.4) is 0 Å². The molecule has 13 heavy (non-hydrogen) atoms. The standard InChI is InChI=1S/C5H10N4O2S2/c1-4-6-7-5(12-4)8-13(10,11)9(2)3/h1-3H3,(H,7,8). The summed E-state index contributed by atoms with van der Waals surface area (Å²) in [4.78, 5) is 0. The van der Waals surface area contributed by atoms with Crippen LogP contribution in [0.4, 0.5) is 5.13 Å². The molecule has 0 saturated carbocycles. The number of nitrogens with zero attached hydrogens (tertiary/aromatic N) is 3. The van der Waals surface area contributed by atoms with E-state index in [0.717, 1.165) is 9.31 Å². The van der Waals surface area contributed by atoms with Crippen molar-refractivity contribution >= 4 is 26.7 Å². The SMILES string of the molecule is Cc1nnc(NS(=O)(=O)N(C)C)s1. The van der Waals surface area contributed by atoms with Gasteiger partial charge < -0.3 is 0 Å². The van der Waals surface area contributed by atoms with Crippen molar-refractivity contribution in [1.29, 1.82) is 0 Å². The summed E-state index contributed by atoms with van der Waals surface area (Å²) in [5, 5.41) is 8.32. The van der Waals surface area contributed by atoms with E-state index in [9.17, 15) is 8.42 Å². The number of rotatable bonds is 3. The van der Waals surface area contributed by atoms with Crippen molar-refractivity contribution in [2.45, 2.75) is 6.92 Å². The zero-order valence-electron chi connectivity index (χ0n) is 7.47. The lowest BCUT2D eigenvalue weighted by Crippen LogP contribution is -2.28. The number of hydrogen-bond donors (Lipinski definition) is 1. The van der Waals surface area contributed by atoms with Crippen LogP contribution < -0.4 is 4.72 Å². The average molecular weight is 222 g/mol. The number of aromatic nitrogens is 2. The molecule has 0 spiro atoms. The van der Waals surface area contributed by atoms with E-state index in [4.69, 9.17) is 0 Å². The van der Waals surface area contributed by atoms with Crippen molar-refractivity contribution in [2.24, 2.45) is 0 Å². The molecule has 0 aliphatic carbocycles. The Balaban J connectivity index is 2.81. The van der Waals surface area contributed by atoms with Crippen LogP contribution >= 0.6 is 11.3 Å². The van der Waals surface area contributed by atoms with Gasteiger partial charge in [-0.05, 0) is 6.92 Å². The van der Waals surface area contributed by atoms with Crippen LogP contribution in [0.5, 0.6) is 0 Å². The first kappa shape index (κ1) is 10.4. The van der Waals surface area contributed by atoms with Gasteiger partial charge in [0.15, 0.2) is 0 Å². The molecule has 1 aromatic rings. The van der Waals surface area contributed by atoms with Gasteiger partial charge in [0.25, 0.3) is 0 Å². The summed E-state index contributed by atoms with van der Waals surface area (Å²) in [5.74, 6) is 0. The molecule has 0 aromatic carbocycles. The summed E-state index contributed by atoms with van der Waals surface area (Å²) in [6, 6.07) is 0. The van der Waals surface area contributed by atoms with Crippen LogP contribution in [-0.2, 0) is 10.2 Å². The van der Waals surface area contributed by atoms with E-state index in [1.165, 1.54) is 25.4 Å². The van der Waals surface area contributed by atoms with Gasteiger partial charge >= 0.3 is 10.2 Å². The molecule has 0 amide bonds. The second-order valence-corrected chi connectivity index (χ2v) is 5.58. The maximum atomic E-state index is 11.3. The third-order valence-electron chi connectivity index (χ3n) is 1.22. The van der Waals surface area contributed by atoms with Gasteiger partial charge in [-0.25, -0.2) is 4.72 Å². The molecule has 6 nitrogen and oxygen atoms in total. The van der Waals surface area contributed by atoms with Gasteiger partial charge in [-0.1, -0.05) is 11.3 Å². The Labute approximate surface area is 80.8 Å². The molecular formula is C5H10N4O2S2. The third kappa shape index (κ3) is 2.61. The van der Waals surface area contributed by atoms with Crippen LogP contribution in [-0.4, -0.2) is 37.0 Å². The Kier molecular flexibility index (Phi) is 2.84. The van der Waals surface area contributed by atoms with Crippen molar-refractivity contribution < 1.29 is 8.42 Å². The lowest BCUT2D eigenvalue weighted by Gasteiger charge is -2.10. The first-order chi connectivity index (χ1) is 5.92. The van der Waals surface area contributed by atoms with Gasteiger partial charge in [-0.3, -0.25) is 0 Å². The zero-order valence-corrected chi connectivity index (χ0v) is 9.11. The summed E-state index contributed by atoms with van der Waals surface area (Å²) < 4.78 is 25.9. The summed E-state index contributed by atoms with van der Waals surface area (Å²) >= 11 is 1.19. The third-order valence-corrected chi connectivity index (χ3v) is 3.52. The molecule has 8 heteroatoms. The number of aryl methyl sites for hydroxylation is 1. The second-order valence-electron chi connectivity index (χ2n) is 2.52. The zero-order chi connectivity index (χ0) is 10.1. The Morgan fingerprint density at radius 2 is 2.00 bits per heavy atom. The number of nitrogens with one attached hydrogen (secondary N) is 1. The fourth-order valence-corrected chi connectivity index (χ4v) is 1.91. The van der Waals surface area contributed by atoms with Crippen LogP contribution in [0.25, 0.3) is 0 Å². The molecule has 1 rings (SSSR count). The molecule has 1 heterocycles. The maximum Gasteiger partial charge on any atom is 0.302 e. The Morgan fingerprint density at radius 3 is 2.38 bits per heavy atom. The van der Waals surface area contributed by atoms with E-state index in [1.807, 2.05) is 0 Å². The van der Waals surface area contributed by atoms with Gasteiger partial charge in [0.2, 0.25) is 5.13 Å². The summed E-state index contributed by atoms with van der Waals surface area (Å²) in [6.07, 6.45) is 0. The molecule has 0 bridgehead atoms. The molecule has 0 aliphatic rings. The monoisotopic (exact) mass is 222 g/mol. The minimum absolute atomic E-state index is 0.284. The first-order valence-corrected chi connectivity index (χ1v) is 5.68. The van der Waals surface area contributed by atoms with Crippen molar-refractivity contribution in [3.63, 3.8) is 0 Å². The van der Waals surface area contributed by atoms with Crippen LogP contribution in [0, 0.1) is 6.92 Å². The van der Waals surface area contributed by atoms with E-state index in [-0.39, 0.29) is 5.13 Å². The first-order valence-electron chi connectivity index (χ1n) is 3.42. The highest BCUT2D eigenvalue weighted by Gasteiger charge is 2.14. The van der Waals surface area contributed by atoms with Crippen molar-refractivity contribution in [1.82, 2.24) is 14.5 Å². The lowest BCUT2D eigenvalue weighted by atomic mass is 10.9. The minimum Gasteiger partial charge on any atom is -0.244 e. The highest BCUT2D eigenvalue weighted by atomic mass is 32.2. The molecule has 0 saturated heterocycles. The van der Waals surface area contributed by atoms with E-state index in [0.29, 0.717) is 0 Å². The van der Waals surface area contributed by atoms with E-state index < -0.39 is 10.2 Å². The van der Waals surface area contributed by atoms with Gasteiger partial charge in [0.05, 0.1) is 0 Å². The Morgan fingerprint density at radius 1 is 1.38 bits per heavy atom. The predicted octanol–water partition coefficient (Wildman–Crippen LogP) is 0.0648. The normalized spacial score (nSPS) is 12.0. The summed E-state index contributed by atoms with van der Waals surface area (Å²) in [6.45, 7) is 1.76. The van der Waals surface area contributed by atoms with Crippen molar-refractivity contribution in [2.75, 3.05) is 18.8 Å². The second kappa shape index (κ2) is 3.56. The van der Waals surface area contributed by atoms with E-state index in [1.54, 1.807) is 6.92 Å². The van der Waals surface area contributed by atoms with Crippen molar-refractivity contribution in [3.05, 3.63) is 5.01 Å². The number of anilines is 1. The molecule has 0 aliphatic heterocycles. The quantitative estimate of drug-likeness (QED) is 0.785. The van der Waals surface area contributed by atoms with Crippen molar-refractivity contribution in [3.8, 4) is 0 Å². The highest BCUT2D eigenvalue weighted by molar-refractivity contribution is 7.90. The minimum atomic E-state index is -3.45. The molecule has 0 radical (unpaired) electrons. The highest BCUT2D eigenvalue weighted by Crippen LogP contribution is 2.15. The fraction of sp³-hybridized carbons (Fsp3) is 0.600. The molecule has 0 fully saturated rings. The molecule has 1 aromatic heterocycles. The van der Waals surface area contributed by atoms with Gasteiger partial charge in [0.1, 0.15) is 5.01 Å². The largest absolute Gasteiger partial charge is 0.302 e. The molecular weight excluding hydrogens is 212 g/mol. The Hall–Kier alpha value is -0.730. The summed E-state index contributed by atoms with van der Waals surface area (Å²) in [7, 11) is -0.565. The van der Waals surface area contributed by atoms with Crippen LogP contribution in [0.2, 0.25) is 0 Å². The topological polar surface area (TPSA) is 75.2 Å². The lowest BCUT2D eigenvalue weighted by molar-refractivity contribution is 0.526. The Bertz CT molecular complexity index is 383. The van der Waals surface area contributed by atoms with Crippen LogP contribution in [0.1, 0.15) is 5.01 Å². The smallest absolute Gasteiger partial charge is 0.244 e. The predicted molar refractivity (Wildman–Crippen MR) is 50.9 cm³/mol. The molecule has 1 N–H and O–H groups in total. The van der Waals surface area contributed by atoms with Crippen LogP contribution in [0.15, 0.2) is 0 Å². The molecule has 74 valence electrons. The maximum absolute atomic E-state index is 11.3. The van der Waals surface area contributed by atoms with Gasteiger partial charge in [-0.2, -0.15) is 12.7 Å². The molecule has 0 atom stereocenters. The van der Waals surface area contributed by atoms with Gasteiger partial charge in [-0.15, -0.1) is 10.2 Å². The number of hydrogen-bond acceptors (Lipinski definition) is 5. The average Bonchev–Trinajstić information content (AvgIpc) is 2.34. The van der Waals surface area contributed by atoms with E-state index in [2.05, 4.69) is 14.9 Å². The summed E-state index contributed by atoms with van der Waals surface area (Å²) in [5.41, 5.74) is 0. The fourth-order valence-electron chi connectivity index (χ4n) is 0.539. The molecule has 0 unspecified atom stereocenters. The van der Waals surface area contributed by atoms with E-state index >= 15 is 0 Å². The van der Waals surface area contributed by atoms with Gasteiger partial charge in [0, 0.05) is 14.1 Å².